The van der Waals surface area contributed by atoms with Gasteiger partial charge in [0.1, 0.15) is 0 Å². The van der Waals surface area contributed by atoms with Crippen LogP contribution in [0.2, 0.25) is 22.6 Å². The molecule has 0 heterocycles. The van der Waals surface area contributed by atoms with Crippen molar-refractivity contribution < 1.29 is 9.90 Å². The van der Waals surface area contributed by atoms with Crippen molar-refractivity contribution >= 4 is 43.6 Å². The van der Waals surface area contributed by atoms with Crippen molar-refractivity contribution in [1.82, 2.24) is 0 Å². The van der Waals surface area contributed by atoms with Crippen LogP contribution in [-0.4, -0.2) is 50.3 Å². The Morgan fingerprint density at radius 2 is 1.48 bits per heavy atom. The average molecular weight is 628 g/mol. The van der Waals surface area contributed by atoms with E-state index >= 15 is 0 Å². The van der Waals surface area contributed by atoms with Gasteiger partial charge in [-0.3, -0.25) is 0 Å². The average Bonchev–Trinajstić information content (AvgIpc) is 2.80. The standard InChI is InChI=1S/C17H23O2Se.3C4H9.Sn/c1-16(2)9-10-17(3,14(18)11-16)15(19)12-20-13-7-5-4-6-8-13;3*1-3-4-2;/h4-8,10,15,19H,9,11-12H2,1-3H3;3*1,3-4H2,2H3;/t15?,17-;;;;/m1..../s1. The van der Waals surface area contributed by atoms with Crippen molar-refractivity contribution in [3.8, 4) is 0 Å². The third-order valence-corrected chi connectivity index (χ3v) is 28.7. The fourth-order valence-electron chi connectivity index (χ4n) is 6.28. The van der Waals surface area contributed by atoms with E-state index in [1.807, 2.05) is 0 Å². The van der Waals surface area contributed by atoms with Crippen LogP contribution in [0.1, 0.15) is 92.9 Å². The van der Waals surface area contributed by atoms with E-state index in [2.05, 4.69) is 71.9 Å². The first-order valence-electron chi connectivity index (χ1n) is 13.5. The predicted molar refractivity (Wildman–Crippen MR) is 147 cm³/mol. The number of aliphatic hydroxyl groups is 1. The summed E-state index contributed by atoms with van der Waals surface area (Å²) in [6.07, 6.45) is 8.96. The molecule has 0 aliphatic heterocycles. The molecule has 1 aromatic rings. The minimum atomic E-state index is -2.75. The molecule has 0 saturated heterocycles. The topological polar surface area (TPSA) is 37.3 Å². The second kappa shape index (κ2) is 13.5. The Morgan fingerprint density at radius 3 is 1.97 bits per heavy atom. The van der Waals surface area contributed by atoms with Crippen LogP contribution in [0.3, 0.4) is 0 Å². The van der Waals surface area contributed by atoms with E-state index in [4.69, 9.17) is 0 Å². The normalized spacial score (nSPS) is 24.1. The summed E-state index contributed by atoms with van der Waals surface area (Å²) in [5.41, 5.74) is -0.476. The Bertz CT molecular complexity index is 698. The summed E-state index contributed by atoms with van der Waals surface area (Å²) in [7, 11) is 0. The molecule has 0 bridgehead atoms. The summed E-state index contributed by atoms with van der Waals surface area (Å²) in [5, 5.41) is 12.5. The second-order valence-electron chi connectivity index (χ2n) is 11.6. The van der Waals surface area contributed by atoms with Gasteiger partial charge in [-0.2, -0.15) is 0 Å². The van der Waals surface area contributed by atoms with Gasteiger partial charge in [0.05, 0.1) is 0 Å². The van der Waals surface area contributed by atoms with Gasteiger partial charge in [0.15, 0.2) is 0 Å². The van der Waals surface area contributed by atoms with E-state index in [1.165, 1.54) is 56.3 Å². The monoisotopic (exact) mass is 630 g/mol. The van der Waals surface area contributed by atoms with Gasteiger partial charge in [0.25, 0.3) is 0 Å². The molecule has 1 unspecified atom stereocenters. The Kier molecular flexibility index (Phi) is 12.0. The molecule has 0 spiro atoms. The predicted octanol–water partition coefficient (Wildman–Crippen LogP) is 7.41. The zero-order chi connectivity index (χ0) is 24.5. The van der Waals surface area contributed by atoms with Crippen LogP contribution < -0.4 is 4.46 Å². The zero-order valence-electron chi connectivity index (χ0n) is 22.3. The fraction of sp³-hybridized carbons (Fsp3) is 0.759. The summed E-state index contributed by atoms with van der Waals surface area (Å²) in [6, 6.07) is 10.6. The number of Topliss-reactive ketones (excluding diaryl/α,β-unsaturated/α-hetero) is 1. The number of carbonyl (C=O) groups is 1. The van der Waals surface area contributed by atoms with Crippen LogP contribution in [0.25, 0.3) is 0 Å². The number of rotatable bonds is 14. The molecule has 0 aromatic heterocycles. The molecule has 1 saturated carbocycles. The van der Waals surface area contributed by atoms with Gasteiger partial charge in [0.2, 0.25) is 0 Å². The van der Waals surface area contributed by atoms with Crippen molar-refractivity contribution in [1.29, 1.82) is 0 Å². The van der Waals surface area contributed by atoms with Crippen LogP contribution >= 0.6 is 0 Å². The Balaban J connectivity index is 2.47. The molecule has 2 nitrogen and oxygen atoms in total. The molecular formula is C29H50O2SeSn. The number of hydrogen-bond donors (Lipinski definition) is 1. The van der Waals surface area contributed by atoms with E-state index in [0.29, 0.717) is 16.1 Å². The molecule has 4 heteroatoms. The number of aliphatic hydroxyl groups excluding tert-OH is 1. The molecule has 1 fully saturated rings. The summed E-state index contributed by atoms with van der Waals surface area (Å²) < 4.78 is 6.02. The molecule has 1 aliphatic carbocycles. The molecule has 1 aromatic carbocycles. The number of benzene rings is 1. The molecule has 3 atom stereocenters. The maximum atomic E-state index is 13.9. The van der Waals surface area contributed by atoms with E-state index < -0.39 is 29.9 Å². The molecule has 188 valence electrons. The van der Waals surface area contributed by atoms with Crippen LogP contribution in [-0.2, 0) is 4.79 Å². The van der Waals surface area contributed by atoms with Gasteiger partial charge in [-0.15, -0.1) is 0 Å². The van der Waals surface area contributed by atoms with Gasteiger partial charge in [-0.25, -0.2) is 0 Å². The van der Waals surface area contributed by atoms with Gasteiger partial charge in [-0.1, -0.05) is 0 Å². The van der Waals surface area contributed by atoms with E-state index in [0.717, 1.165) is 11.7 Å². The van der Waals surface area contributed by atoms with Crippen LogP contribution in [0.5, 0.6) is 0 Å². The van der Waals surface area contributed by atoms with Crippen LogP contribution in [0, 0.1) is 10.8 Å². The number of carbonyl (C=O) groups excluding carboxylic acids is 1. The van der Waals surface area contributed by atoms with Gasteiger partial charge < -0.3 is 0 Å². The number of unbranched alkanes of at least 4 members (excludes halogenated alkanes) is 3. The van der Waals surface area contributed by atoms with E-state index in [-0.39, 0.29) is 20.4 Å². The minimum absolute atomic E-state index is 0.0678. The van der Waals surface area contributed by atoms with Crippen molar-refractivity contribution in [3.05, 3.63) is 30.3 Å². The quantitative estimate of drug-likeness (QED) is 0.218. The summed E-state index contributed by atoms with van der Waals surface area (Å²) >= 11 is -2.55. The SMILES string of the molecule is CCC[CH2][Sn]([CH2]CCC)([CH2]CCC)[C@@H]1CC(C)(C)CC(=O)[C@]1(C)C(O)C[Se]c1ccccc1. The first-order valence-corrected chi connectivity index (χ1v) is 23.3. The molecule has 1 N–H and O–H groups in total. The fourth-order valence-corrected chi connectivity index (χ4v) is 30.1. The summed E-state index contributed by atoms with van der Waals surface area (Å²) in [5.74, 6) is 0.366. The maximum absolute atomic E-state index is 13.9. The van der Waals surface area contributed by atoms with Gasteiger partial charge in [0, 0.05) is 0 Å². The Hall–Kier alpha value is 0.168. The van der Waals surface area contributed by atoms with Crippen molar-refractivity contribution in [2.45, 2.75) is 122 Å². The summed E-state index contributed by atoms with van der Waals surface area (Å²) in [4.78, 5) is 13.9. The third kappa shape index (κ3) is 7.58. The second-order valence-corrected chi connectivity index (χ2v) is 28.0. The number of hydrogen-bond acceptors (Lipinski definition) is 2. The number of ketones is 1. The van der Waals surface area contributed by atoms with Crippen molar-refractivity contribution in [2.24, 2.45) is 10.8 Å². The van der Waals surface area contributed by atoms with Gasteiger partial charge in [-0.05, 0) is 0 Å². The first kappa shape index (κ1) is 29.4. The molecule has 1 aliphatic rings. The summed E-state index contributed by atoms with van der Waals surface area (Å²) in [6.45, 7) is 13.8. The molecule has 0 radical (unpaired) electrons. The Labute approximate surface area is 215 Å². The van der Waals surface area contributed by atoms with Crippen molar-refractivity contribution in [3.63, 3.8) is 0 Å². The van der Waals surface area contributed by atoms with Crippen LogP contribution in [0.15, 0.2) is 30.3 Å². The zero-order valence-corrected chi connectivity index (χ0v) is 26.9. The van der Waals surface area contributed by atoms with Gasteiger partial charge >= 0.3 is 216 Å². The molecular weight excluding hydrogens is 578 g/mol. The molecule has 2 rings (SSSR count). The third-order valence-electron chi connectivity index (χ3n) is 8.39. The van der Waals surface area contributed by atoms with Crippen molar-refractivity contribution in [2.75, 3.05) is 0 Å². The first-order chi connectivity index (χ1) is 15.6. The Morgan fingerprint density at radius 1 is 0.970 bits per heavy atom. The molecule has 0 amide bonds. The molecule has 33 heavy (non-hydrogen) atoms. The van der Waals surface area contributed by atoms with E-state index in [9.17, 15) is 9.90 Å². The van der Waals surface area contributed by atoms with E-state index in [1.54, 1.807) is 0 Å². The van der Waals surface area contributed by atoms with Crippen LogP contribution in [0.4, 0.5) is 0 Å².